The Morgan fingerprint density at radius 2 is 1.67 bits per heavy atom. The summed E-state index contributed by atoms with van der Waals surface area (Å²) in [6, 6.07) is 19.4. The lowest BCUT2D eigenvalue weighted by atomic mass is 10.2. The van der Waals surface area contributed by atoms with Crippen molar-refractivity contribution in [3.05, 3.63) is 96.2 Å². The molecule has 0 atom stereocenters. The average Bonchev–Trinajstić information content (AvgIpc) is 3.02. The second-order valence-electron chi connectivity index (χ2n) is 4.62. The lowest BCUT2D eigenvalue weighted by Gasteiger charge is -2.03. The van der Waals surface area contributed by atoms with E-state index in [9.17, 15) is 0 Å². The third kappa shape index (κ3) is 3.57. The summed E-state index contributed by atoms with van der Waals surface area (Å²) in [5, 5.41) is 1.37. The van der Waals surface area contributed by atoms with Crippen molar-refractivity contribution in [3.63, 3.8) is 0 Å². The fourth-order valence-electron chi connectivity index (χ4n) is 2.00. The van der Waals surface area contributed by atoms with Crippen molar-refractivity contribution in [2.45, 2.75) is 0 Å². The van der Waals surface area contributed by atoms with E-state index in [-0.39, 0.29) is 0 Å². The summed E-state index contributed by atoms with van der Waals surface area (Å²) in [6.07, 6.45) is 9.58. The predicted octanol–water partition coefficient (Wildman–Crippen LogP) is 4.88. The van der Waals surface area contributed by atoms with Gasteiger partial charge in [-0.3, -0.25) is 4.99 Å². The number of hydrogen-bond acceptors (Lipinski definition) is 2. The molecule has 2 aromatic carbocycles. The van der Waals surface area contributed by atoms with Crippen molar-refractivity contribution >= 4 is 17.6 Å². The van der Waals surface area contributed by atoms with Gasteiger partial charge in [0.05, 0.1) is 5.69 Å². The Kier molecular flexibility index (Phi) is 3.70. The zero-order chi connectivity index (χ0) is 15.2. The molecule has 0 aromatic heterocycles. The van der Waals surface area contributed by atoms with Gasteiger partial charge < -0.3 is 5.31 Å². The number of aliphatic imine (C=N–C) groups is 1. The Hall–Kier alpha value is -2.87. The van der Waals surface area contributed by atoms with E-state index in [1.165, 1.54) is 5.31 Å². The summed E-state index contributed by atoms with van der Waals surface area (Å²) < 4.78 is 8.12. The first-order valence-electron chi connectivity index (χ1n) is 7.30. The third-order valence-electron chi connectivity index (χ3n) is 3.10. The summed E-state index contributed by atoms with van der Waals surface area (Å²) in [5.41, 5.74) is 3.71. The molecule has 1 N–H and O–H groups in total. The molecule has 0 unspecified atom stereocenters. The second-order valence-corrected chi connectivity index (χ2v) is 4.62. The molecule has 2 aromatic rings. The van der Waals surface area contributed by atoms with Crippen LogP contribution in [-0.2, 0) is 0 Å². The molecular weight excluding hydrogens is 258 g/mol. The van der Waals surface area contributed by atoms with Crippen LogP contribution in [-0.4, -0.2) is 6.21 Å². The molecule has 1 aliphatic rings. The van der Waals surface area contributed by atoms with Gasteiger partial charge >= 0.3 is 0 Å². The normalized spacial score (nSPS) is 16.3. The maximum atomic E-state index is 8.12. The molecule has 0 heterocycles. The zero-order valence-corrected chi connectivity index (χ0v) is 11.6. The molecule has 3 rings (SSSR count). The fraction of sp³-hybridized carbons (Fsp3) is 0. The van der Waals surface area contributed by atoms with Crippen molar-refractivity contribution < 1.29 is 1.41 Å². The highest BCUT2D eigenvalue weighted by Gasteiger charge is 2.03. The van der Waals surface area contributed by atoms with Gasteiger partial charge in [0.2, 0.25) is 0 Å². The topological polar surface area (TPSA) is 24.4 Å². The third-order valence-corrected chi connectivity index (χ3v) is 3.10. The van der Waals surface area contributed by atoms with E-state index in [0.29, 0.717) is 0 Å². The summed E-state index contributed by atoms with van der Waals surface area (Å²) in [6.45, 7) is 0. The molecular formula is C19H16N2. The highest BCUT2D eigenvalue weighted by atomic mass is 15.6. The molecule has 0 saturated carbocycles. The Labute approximate surface area is 126 Å². The SMILES string of the molecule is [2H][15N](/C=C1/C=CC=C1C=[15N]c1ccccc1)c1ccccc1. The van der Waals surface area contributed by atoms with Crippen LogP contribution in [0.15, 0.2) is 101 Å². The minimum atomic E-state index is 0.828. The molecule has 0 saturated heterocycles. The lowest BCUT2D eigenvalue weighted by Crippen LogP contribution is -1.92. The number of nitrogens with zero attached hydrogens (tertiary/aromatic N) is 1. The average molecular weight is 275 g/mol. The molecule has 102 valence electrons. The number of hydrogen-bond donors (Lipinski definition) is 1. The molecule has 0 radical (unpaired) electrons. The molecule has 0 amide bonds. The van der Waals surface area contributed by atoms with E-state index in [1.54, 1.807) is 6.20 Å². The fourth-order valence-corrected chi connectivity index (χ4v) is 2.00. The van der Waals surface area contributed by atoms with Gasteiger partial charge in [0.1, 0.15) is 0 Å². The number of anilines is 1. The summed E-state index contributed by atoms with van der Waals surface area (Å²) in [7, 11) is 0. The summed E-state index contributed by atoms with van der Waals surface area (Å²) in [4.78, 5) is 4.46. The molecule has 1 aliphatic carbocycles. The molecule has 0 spiro atoms. The van der Waals surface area contributed by atoms with Crippen LogP contribution in [0, 0.1) is 0 Å². The highest BCUT2D eigenvalue weighted by Crippen LogP contribution is 2.19. The Bertz CT molecular complexity index is 744. The van der Waals surface area contributed by atoms with Crippen LogP contribution in [0.25, 0.3) is 0 Å². The van der Waals surface area contributed by atoms with Crippen molar-refractivity contribution in [3.8, 4) is 0 Å². The van der Waals surface area contributed by atoms with Crippen LogP contribution in [0.1, 0.15) is 0 Å². The van der Waals surface area contributed by atoms with Crippen LogP contribution < -0.4 is 5.31 Å². The van der Waals surface area contributed by atoms with Crippen LogP contribution in [0.2, 0.25) is 1.41 Å². The number of rotatable bonds is 4. The van der Waals surface area contributed by atoms with E-state index < -0.39 is 0 Å². The number of benzene rings is 2. The van der Waals surface area contributed by atoms with E-state index in [1.807, 2.05) is 85.1 Å². The molecule has 2 heteroatoms. The van der Waals surface area contributed by atoms with Crippen molar-refractivity contribution in [1.82, 2.24) is 0 Å². The number of allylic oxidation sites excluding steroid dienone is 5. The molecule has 0 bridgehead atoms. The van der Waals surface area contributed by atoms with Gasteiger partial charge in [-0.2, -0.15) is 0 Å². The second kappa shape index (κ2) is 6.53. The standard InChI is InChI=1S/C19H16N2/c1-3-10-18(11-4-1)20-14-16-8-7-9-17(16)15-21-19-12-5-2-6-13-19/h1-15,20H/b16-14-,21-15?/i20+1,21+1/hD. The monoisotopic (exact) mass is 275 g/mol. The van der Waals surface area contributed by atoms with Crippen LogP contribution in [0.5, 0.6) is 0 Å². The Balaban J connectivity index is 1.77. The first-order chi connectivity index (χ1) is 10.8. The zero-order valence-electron chi connectivity index (χ0n) is 12.6. The number of nitrogens with one attached hydrogen (secondary N) is 1. The van der Waals surface area contributed by atoms with Gasteiger partial charge in [0.15, 0.2) is 1.41 Å². The van der Waals surface area contributed by atoms with Crippen molar-refractivity contribution in [1.29, 1.82) is 0 Å². The summed E-state index contributed by atoms with van der Waals surface area (Å²) in [5.74, 6) is 0. The first kappa shape index (κ1) is 11.9. The van der Waals surface area contributed by atoms with Gasteiger partial charge in [0.25, 0.3) is 0 Å². The van der Waals surface area contributed by atoms with E-state index in [4.69, 9.17) is 1.41 Å². The van der Waals surface area contributed by atoms with Crippen LogP contribution in [0.3, 0.4) is 0 Å². The molecule has 2 nitrogen and oxygen atoms in total. The minimum absolute atomic E-state index is 0.828. The van der Waals surface area contributed by atoms with Gasteiger partial charge in [-0.15, -0.1) is 0 Å². The van der Waals surface area contributed by atoms with Crippen LogP contribution >= 0.6 is 0 Å². The smallest absolute Gasteiger partial charge is 0.166 e. The highest BCUT2D eigenvalue weighted by molar-refractivity contribution is 5.89. The quantitative estimate of drug-likeness (QED) is 0.624. The maximum absolute atomic E-state index is 8.12. The van der Waals surface area contributed by atoms with Gasteiger partial charge in [-0.05, 0) is 29.8 Å². The lowest BCUT2D eigenvalue weighted by molar-refractivity contribution is 1.50. The van der Waals surface area contributed by atoms with E-state index >= 15 is 0 Å². The Morgan fingerprint density at radius 3 is 2.43 bits per heavy atom. The Morgan fingerprint density at radius 1 is 0.952 bits per heavy atom. The predicted molar refractivity (Wildman–Crippen MR) is 90.0 cm³/mol. The van der Waals surface area contributed by atoms with Gasteiger partial charge in [-0.1, -0.05) is 54.6 Å². The van der Waals surface area contributed by atoms with Crippen molar-refractivity contribution in [2.24, 2.45) is 4.99 Å². The van der Waals surface area contributed by atoms with Gasteiger partial charge in [-0.25, -0.2) is 0 Å². The molecule has 21 heavy (non-hydrogen) atoms. The van der Waals surface area contributed by atoms with Crippen molar-refractivity contribution in [2.75, 3.05) is 5.31 Å². The number of para-hydroxylation sites is 2. The molecule has 0 aliphatic heterocycles. The van der Waals surface area contributed by atoms with Gasteiger partial charge in [0, 0.05) is 23.7 Å². The molecule has 0 fully saturated rings. The minimum Gasteiger partial charge on any atom is -0.361 e. The van der Waals surface area contributed by atoms with E-state index in [2.05, 4.69) is 4.99 Å². The van der Waals surface area contributed by atoms with E-state index in [0.717, 1.165) is 22.5 Å². The largest absolute Gasteiger partial charge is 0.361 e. The first-order valence-corrected chi connectivity index (χ1v) is 6.86. The van der Waals surface area contributed by atoms with Crippen LogP contribution in [0.4, 0.5) is 11.4 Å². The summed E-state index contributed by atoms with van der Waals surface area (Å²) >= 11 is 0. The maximum Gasteiger partial charge on any atom is 0.166 e.